The van der Waals surface area contributed by atoms with Crippen LogP contribution < -0.4 is 9.04 Å². The van der Waals surface area contributed by atoms with Gasteiger partial charge < -0.3 is 9.26 Å². The summed E-state index contributed by atoms with van der Waals surface area (Å²) in [5, 5.41) is 3.95. The van der Waals surface area contributed by atoms with Crippen molar-refractivity contribution in [2.24, 2.45) is 5.92 Å². The Balaban J connectivity index is 1.70. The number of ether oxygens (including phenoxy) is 1. The number of anilines is 1. The summed E-state index contributed by atoms with van der Waals surface area (Å²) in [6.07, 6.45) is 0.454. The zero-order valence-corrected chi connectivity index (χ0v) is 21.0. The fraction of sp³-hybridized carbons (Fsp3) is 0.385. The molecule has 0 bridgehead atoms. The summed E-state index contributed by atoms with van der Waals surface area (Å²) in [6.45, 7) is 9.92. The molecule has 3 aromatic rings. The highest BCUT2D eigenvalue weighted by molar-refractivity contribution is 7.92. The number of benzene rings is 2. The van der Waals surface area contributed by atoms with Gasteiger partial charge in [-0.1, -0.05) is 38.1 Å². The largest absolute Gasteiger partial charge is 0.484 e. The highest BCUT2D eigenvalue weighted by atomic mass is 32.2. The van der Waals surface area contributed by atoms with Gasteiger partial charge >= 0.3 is 0 Å². The van der Waals surface area contributed by atoms with Crippen LogP contribution in [-0.4, -0.2) is 25.9 Å². The van der Waals surface area contributed by atoms with Gasteiger partial charge in [-0.15, -0.1) is 0 Å². The van der Waals surface area contributed by atoms with E-state index in [0.29, 0.717) is 29.4 Å². The van der Waals surface area contributed by atoms with Crippen LogP contribution in [0.3, 0.4) is 0 Å². The van der Waals surface area contributed by atoms with E-state index in [1.807, 2.05) is 38.1 Å². The Morgan fingerprint density at radius 1 is 1.12 bits per heavy atom. The summed E-state index contributed by atoms with van der Waals surface area (Å²) >= 11 is 0. The second-order valence-corrected chi connectivity index (χ2v) is 10.9. The quantitative estimate of drug-likeness (QED) is 0.447. The number of hydrogen-bond acceptors (Lipinski definition) is 6. The number of Topliss-reactive ketones (excluding diaryl/α,β-unsaturated/α-hetero) is 1. The molecule has 0 saturated carbocycles. The molecule has 1 unspecified atom stereocenters. The third-order valence-corrected chi connectivity index (χ3v) is 7.84. The molecule has 0 spiro atoms. The average Bonchev–Trinajstić information content (AvgIpc) is 3.15. The predicted molar refractivity (Wildman–Crippen MR) is 130 cm³/mol. The molecule has 2 aromatic carbocycles. The number of aromatic nitrogens is 1. The van der Waals surface area contributed by atoms with Crippen LogP contribution in [0, 0.1) is 19.8 Å². The van der Waals surface area contributed by atoms with Crippen molar-refractivity contribution in [1.82, 2.24) is 5.16 Å². The molecule has 7 nitrogen and oxygen atoms in total. The smallest absolute Gasteiger partial charge is 0.264 e. The maximum Gasteiger partial charge on any atom is 0.264 e. The van der Waals surface area contributed by atoms with Crippen molar-refractivity contribution in [2.75, 3.05) is 10.8 Å². The number of rotatable bonds is 7. The van der Waals surface area contributed by atoms with E-state index in [1.54, 1.807) is 19.9 Å². The molecule has 0 fully saturated rings. The Kier molecular flexibility index (Phi) is 6.53. The molecular formula is C26H30N2O5S. The third kappa shape index (κ3) is 4.46. The second kappa shape index (κ2) is 9.25. The minimum Gasteiger partial charge on any atom is -0.484 e. The Bertz CT molecular complexity index is 1290. The van der Waals surface area contributed by atoms with E-state index >= 15 is 0 Å². The van der Waals surface area contributed by atoms with Crippen LogP contribution >= 0.6 is 0 Å². The lowest BCUT2D eigenvalue weighted by molar-refractivity contribution is 0.0847. The van der Waals surface area contributed by atoms with E-state index in [1.165, 1.54) is 16.4 Å². The number of sulfonamides is 1. The minimum atomic E-state index is -3.90. The highest BCUT2D eigenvalue weighted by Crippen LogP contribution is 2.38. The van der Waals surface area contributed by atoms with Crippen molar-refractivity contribution in [3.8, 4) is 5.75 Å². The summed E-state index contributed by atoms with van der Waals surface area (Å²) in [5.41, 5.74) is 3.44. The molecule has 2 heterocycles. The van der Waals surface area contributed by atoms with Gasteiger partial charge in [-0.25, -0.2) is 8.42 Å². The van der Waals surface area contributed by atoms with Crippen LogP contribution in [0.2, 0.25) is 0 Å². The molecule has 34 heavy (non-hydrogen) atoms. The molecule has 1 atom stereocenters. The topological polar surface area (TPSA) is 89.7 Å². The second-order valence-electron chi connectivity index (χ2n) is 9.08. The van der Waals surface area contributed by atoms with Gasteiger partial charge in [0, 0.05) is 6.54 Å². The lowest BCUT2D eigenvalue weighted by Crippen LogP contribution is -2.34. The normalized spacial score (nSPS) is 15.8. The summed E-state index contributed by atoms with van der Waals surface area (Å²) < 4.78 is 40.1. The van der Waals surface area contributed by atoms with Crippen molar-refractivity contribution in [2.45, 2.75) is 58.5 Å². The molecule has 180 valence electrons. The first kappa shape index (κ1) is 24.0. The number of nitrogens with zero attached hydrogens (tertiary/aromatic N) is 2. The molecule has 4 rings (SSSR count). The number of carbonyl (C=O) groups excluding carboxylic acids is 1. The molecule has 0 saturated heterocycles. The molecule has 1 aromatic heterocycles. The van der Waals surface area contributed by atoms with Gasteiger partial charge in [-0.3, -0.25) is 9.10 Å². The van der Waals surface area contributed by atoms with Crippen molar-refractivity contribution in [3.63, 3.8) is 0 Å². The van der Waals surface area contributed by atoms with Crippen molar-refractivity contribution in [3.05, 3.63) is 70.6 Å². The van der Waals surface area contributed by atoms with E-state index in [2.05, 4.69) is 12.1 Å². The fourth-order valence-corrected chi connectivity index (χ4v) is 5.93. The zero-order valence-electron chi connectivity index (χ0n) is 20.2. The van der Waals surface area contributed by atoms with Crippen LogP contribution in [0.4, 0.5) is 5.69 Å². The zero-order chi connectivity index (χ0) is 24.6. The van der Waals surface area contributed by atoms with Crippen LogP contribution in [0.25, 0.3) is 0 Å². The van der Waals surface area contributed by atoms with Crippen molar-refractivity contribution >= 4 is 21.5 Å². The van der Waals surface area contributed by atoms with Gasteiger partial charge in [-0.2, -0.15) is 0 Å². The molecule has 0 N–H and O–H groups in total. The maximum absolute atomic E-state index is 13.7. The summed E-state index contributed by atoms with van der Waals surface area (Å²) in [6, 6.07) is 12.1. The van der Waals surface area contributed by atoms with Crippen molar-refractivity contribution < 1.29 is 22.5 Å². The summed E-state index contributed by atoms with van der Waals surface area (Å²) in [5.74, 6) is 0.907. The van der Waals surface area contributed by atoms with E-state index < -0.39 is 16.1 Å². The lowest BCUT2D eigenvalue weighted by Gasteiger charge is -2.28. The number of hydrogen-bond donors (Lipinski definition) is 0. The number of carbonyl (C=O) groups is 1. The van der Waals surface area contributed by atoms with Gasteiger partial charge in [-0.05, 0) is 62.1 Å². The van der Waals surface area contributed by atoms with Gasteiger partial charge in [0.15, 0.2) is 5.78 Å². The standard InChI is InChI=1S/C26H30N2O5S/c1-6-19-7-9-20(10-8-19)28(15-16(2)3)34(30,31)21-11-12-24-22(13-21)23(29)14-25(32-24)26-17(4)27-33-18(26)5/h7-13,16,25H,6,14-15H2,1-5H3. The lowest BCUT2D eigenvalue weighted by atomic mass is 9.95. The molecule has 0 amide bonds. The van der Waals surface area contributed by atoms with Crippen LogP contribution in [0.1, 0.15) is 66.2 Å². The molecule has 8 heteroatoms. The summed E-state index contributed by atoms with van der Waals surface area (Å²) in [4.78, 5) is 13.1. The van der Waals surface area contributed by atoms with Gasteiger partial charge in [0.2, 0.25) is 0 Å². The first-order chi connectivity index (χ1) is 16.1. The van der Waals surface area contributed by atoms with E-state index in [9.17, 15) is 13.2 Å². The first-order valence-electron chi connectivity index (χ1n) is 11.5. The molecule has 1 aliphatic rings. The minimum absolute atomic E-state index is 0.0687. The first-order valence-corrected chi connectivity index (χ1v) is 12.9. The highest BCUT2D eigenvalue weighted by Gasteiger charge is 2.34. The number of ketones is 1. The van der Waals surface area contributed by atoms with Crippen LogP contribution in [0.5, 0.6) is 5.75 Å². The maximum atomic E-state index is 13.7. The molecular weight excluding hydrogens is 452 g/mol. The fourth-order valence-electron chi connectivity index (χ4n) is 4.27. The van der Waals surface area contributed by atoms with Gasteiger partial charge in [0.1, 0.15) is 17.6 Å². The Morgan fingerprint density at radius 3 is 2.41 bits per heavy atom. The van der Waals surface area contributed by atoms with Gasteiger partial charge in [0.05, 0.1) is 33.8 Å². The molecule has 0 radical (unpaired) electrons. The number of aryl methyl sites for hydroxylation is 3. The molecule has 0 aliphatic carbocycles. The SMILES string of the molecule is CCc1ccc(N(CC(C)C)S(=O)(=O)c2ccc3c(c2)C(=O)CC(c2c(C)noc2C)O3)cc1. The molecule has 1 aliphatic heterocycles. The third-order valence-electron chi connectivity index (χ3n) is 6.05. The van der Waals surface area contributed by atoms with Crippen LogP contribution in [-0.2, 0) is 16.4 Å². The van der Waals surface area contributed by atoms with Gasteiger partial charge in [0.25, 0.3) is 10.0 Å². The monoisotopic (exact) mass is 482 g/mol. The van der Waals surface area contributed by atoms with Crippen LogP contribution in [0.15, 0.2) is 51.9 Å². The van der Waals surface area contributed by atoms with E-state index in [4.69, 9.17) is 9.26 Å². The Morgan fingerprint density at radius 2 is 1.82 bits per heavy atom. The van der Waals surface area contributed by atoms with E-state index in [0.717, 1.165) is 17.5 Å². The Hall–Kier alpha value is -3.13. The Labute approximate surface area is 200 Å². The average molecular weight is 483 g/mol. The number of fused-ring (bicyclic) bond motifs is 1. The predicted octanol–water partition coefficient (Wildman–Crippen LogP) is 5.41. The van der Waals surface area contributed by atoms with Crippen molar-refractivity contribution in [1.29, 1.82) is 0 Å². The summed E-state index contributed by atoms with van der Waals surface area (Å²) in [7, 11) is -3.90. The van der Waals surface area contributed by atoms with E-state index in [-0.39, 0.29) is 28.6 Å².